The lowest BCUT2D eigenvalue weighted by molar-refractivity contribution is -0.118. The maximum absolute atomic E-state index is 9.90. The number of aliphatic hydroxyl groups is 5. The third kappa shape index (κ3) is 5.26. The number of hydrogen-bond acceptors (Lipinski definition) is 8. The van der Waals surface area contributed by atoms with Gasteiger partial charge < -0.3 is 30.5 Å². The van der Waals surface area contributed by atoms with Gasteiger partial charge in [0.25, 0.3) is 0 Å². The first-order chi connectivity index (χ1) is 12.3. The topological polar surface area (TPSA) is 142 Å². The predicted molar refractivity (Wildman–Crippen MR) is 101 cm³/mol. The molecule has 0 spiro atoms. The number of aromatic amines is 1. The van der Waals surface area contributed by atoms with Gasteiger partial charge in [-0.3, -0.25) is 0 Å². The Morgan fingerprint density at radius 2 is 1.88 bits per heavy atom. The molecule has 0 radical (unpaired) electrons. The molecule has 8 nitrogen and oxygen atoms in total. The molecule has 4 unspecified atom stereocenters. The Labute approximate surface area is 155 Å². The van der Waals surface area contributed by atoms with Gasteiger partial charge in [0.1, 0.15) is 24.4 Å². The molecule has 0 aliphatic rings. The van der Waals surface area contributed by atoms with E-state index in [0.717, 1.165) is 34.3 Å². The molecule has 1 heterocycles. The van der Waals surface area contributed by atoms with E-state index in [4.69, 9.17) is 0 Å². The molecule has 0 saturated carbocycles. The first-order valence-corrected chi connectivity index (χ1v) is 9.39. The van der Waals surface area contributed by atoms with E-state index >= 15 is 0 Å². The molecule has 0 saturated heterocycles. The molecule has 144 valence electrons. The van der Waals surface area contributed by atoms with Crippen molar-refractivity contribution in [2.24, 2.45) is 4.99 Å². The molecule has 0 fully saturated rings. The molecule has 1 aromatic heterocycles. The monoisotopic (exact) mass is 383 g/mol. The number of rotatable bonds is 9. The molecule has 5 atom stereocenters. The van der Waals surface area contributed by atoms with Crippen LogP contribution in [0.15, 0.2) is 28.1 Å². The number of benzene rings is 1. The maximum atomic E-state index is 9.90. The summed E-state index contributed by atoms with van der Waals surface area (Å²) in [6, 6.07) is 5.82. The van der Waals surface area contributed by atoms with Gasteiger partial charge in [-0.15, -0.1) is 11.8 Å². The number of imidazole rings is 1. The number of aromatic nitrogens is 2. The molecule has 2 rings (SSSR count). The lowest BCUT2D eigenvalue weighted by Crippen LogP contribution is -2.48. The summed E-state index contributed by atoms with van der Waals surface area (Å²) in [4.78, 5) is 12.4. The van der Waals surface area contributed by atoms with Crippen LogP contribution in [0.2, 0.25) is 0 Å². The molecule has 6 N–H and O–H groups in total. The largest absolute Gasteiger partial charge is 0.391 e. The summed E-state index contributed by atoms with van der Waals surface area (Å²) in [5, 5.41) is 48.3. The quantitative estimate of drug-likeness (QED) is 0.275. The van der Waals surface area contributed by atoms with Crippen molar-refractivity contribution in [3.8, 4) is 0 Å². The van der Waals surface area contributed by atoms with Crippen LogP contribution in [0.25, 0.3) is 11.0 Å². The van der Waals surface area contributed by atoms with Gasteiger partial charge >= 0.3 is 0 Å². The molecule has 0 amide bonds. The molecule has 0 aliphatic carbocycles. The minimum Gasteiger partial charge on any atom is -0.391 e. The number of hydrogen-bond donors (Lipinski definition) is 6. The molecule has 9 heteroatoms. The third-order valence-electron chi connectivity index (χ3n) is 3.81. The predicted octanol–water partition coefficient (Wildman–Crippen LogP) is 0.592. The summed E-state index contributed by atoms with van der Waals surface area (Å²) in [6.07, 6.45) is -5.70. The van der Waals surface area contributed by atoms with Crippen LogP contribution < -0.4 is 0 Å². The molecule has 26 heavy (non-hydrogen) atoms. The smallest absolute Gasteiger partial charge is 0.227 e. The van der Waals surface area contributed by atoms with Gasteiger partial charge in [-0.25, -0.2) is 9.98 Å². The van der Waals surface area contributed by atoms with Crippen molar-refractivity contribution in [3.63, 3.8) is 0 Å². The van der Waals surface area contributed by atoms with Crippen molar-refractivity contribution < 1.29 is 25.5 Å². The molecule has 0 bridgehead atoms. The highest BCUT2D eigenvalue weighted by atomic mass is 32.2. The number of fused-ring (bicyclic) bond motifs is 1. The van der Waals surface area contributed by atoms with E-state index in [0.29, 0.717) is 0 Å². The second-order valence-corrected chi connectivity index (χ2v) is 7.24. The fraction of sp³-hybridized carbons (Fsp3) is 0.529. The molecule has 1 aromatic carbocycles. The molecular weight excluding hydrogens is 358 g/mol. The van der Waals surface area contributed by atoms with Crippen LogP contribution in [0.5, 0.6) is 0 Å². The molecular formula is C17H25N3O5S. The zero-order valence-electron chi connectivity index (χ0n) is 14.6. The van der Waals surface area contributed by atoms with E-state index < -0.39 is 30.5 Å². The van der Waals surface area contributed by atoms with Crippen molar-refractivity contribution in [2.45, 2.75) is 55.7 Å². The van der Waals surface area contributed by atoms with Crippen LogP contribution in [0.1, 0.15) is 20.3 Å². The lowest BCUT2D eigenvalue weighted by Gasteiger charge is -2.26. The Hall–Kier alpha value is -1.49. The highest BCUT2D eigenvalue weighted by molar-refractivity contribution is 7.99. The zero-order valence-corrected chi connectivity index (χ0v) is 15.5. The van der Waals surface area contributed by atoms with Gasteiger partial charge in [0.05, 0.1) is 17.1 Å². The van der Waals surface area contributed by atoms with Crippen LogP contribution >= 0.6 is 11.8 Å². The van der Waals surface area contributed by atoms with Crippen LogP contribution in [0, 0.1) is 0 Å². The zero-order chi connectivity index (χ0) is 19.3. The van der Waals surface area contributed by atoms with E-state index in [1.54, 1.807) is 11.8 Å². The average Bonchev–Trinajstić information content (AvgIpc) is 3.04. The van der Waals surface area contributed by atoms with Gasteiger partial charge in [0.2, 0.25) is 5.95 Å². The van der Waals surface area contributed by atoms with Crippen molar-refractivity contribution >= 4 is 35.0 Å². The van der Waals surface area contributed by atoms with Crippen molar-refractivity contribution in [3.05, 3.63) is 18.2 Å². The lowest BCUT2D eigenvalue weighted by atomic mass is 10.0. The van der Waals surface area contributed by atoms with Crippen LogP contribution in [0.4, 0.5) is 5.95 Å². The summed E-state index contributed by atoms with van der Waals surface area (Å²) in [7, 11) is 0. The van der Waals surface area contributed by atoms with Gasteiger partial charge in [-0.2, -0.15) is 0 Å². The van der Waals surface area contributed by atoms with Crippen LogP contribution in [-0.2, 0) is 0 Å². The second kappa shape index (κ2) is 9.45. The van der Waals surface area contributed by atoms with E-state index in [9.17, 15) is 25.5 Å². The first kappa shape index (κ1) is 20.8. The highest BCUT2D eigenvalue weighted by Crippen LogP contribution is 2.24. The van der Waals surface area contributed by atoms with Gasteiger partial charge in [-0.1, -0.05) is 6.92 Å². The highest BCUT2D eigenvalue weighted by Gasteiger charge is 2.32. The summed E-state index contributed by atoms with van der Waals surface area (Å²) < 4.78 is 0. The number of thioether (sulfide) groups is 1. The van der Waals surface area contributed by atoms with Crippen molar-refractivity contribution in [2.75, 3.05) is 5.75 Å². The van der Waals surface area contributed by atoms with E-state index in [2.05, 4.69) is 21.9 Å². The minimum atomic E-state index is -1.72. The van der Waals surface area contributed by atoms with E-state index in [-0.39, 0.29) is 5.95 Å². The van der Waals surface area contributed by atoms with Crippen molar-refractivity contribution in [1.82, 2.24) is 9.97 Å². The average molecular weight is 383 g/mol. The Morgan fingerprint density at radius 3 is 2.54 bits per heavy atom. The Balaban J connectivity index is 2.06. The standard InChI is InChI=1S/C17H25N3O5S/c1-3-6-26-10-4-5-11-12(7-10)20-17(19-11)18-8-13(22)15(24)16(25)14(23)9(2)21/h4-5,7-9,13-16,21-25H,3,6H2,1-2H3,(H,19,20)/t9-,13?,14?,15?,16?/m0/s1. The Morgan fingerprint density at radius 1 is 1.15 bits per heavy atom. The fourth-order valence-corrected chi connectivity index (χ4v) is 3.08. The van der Waals surface area contributed by atoms with Gasteiger partial charge in [0.15, 0.2) is 0 Å². The number of H-pyrrole nitrogens is 1. The molecule has 0 aliphatic heterocycles. The number of nitrogens with one attached hydrogen (secondary N) is 1. The van der Waals surface area contributed by atoms with Gasteiger partial charge in [0, 0.05) is 11.1 Å². The van der Waals surface area contributed by atoms with Crippen LogP contribution in [0.3, 0.4) is 0 Å². The molecule has 2 aromatic rings. The first-order valence-electron chi connectivity index (χ1n) is 8.40. The van der Waals surface area contributed by atoms with E-state index in [1.165, 1.54) is 6.92 Å². The van der Waals surface area contributed by atoms with Crippen LogP contribution in [-0.4, -0.2) is 78.0 Å². The summed E-state index contributed by atoms with van der Waals surface area (Å²) in [6.45, 7) is 3.38. The Bertz CT molecular complexity index is 736. The fourth-order valence-electron chi connectivity index (χ4n) is 2.27. The maximum Gasteiger partial charge on any atom is 0.227 e. The van der Waals surface area contributed by atoms with Gasteiger partial charge in [-0.05, 0) is 37.3 Å². The van der Waals surface area contributed by atoms with Crippen molar-refractivity contribution in [1.29, 1.82) is 0 Å². The van der Waals surface area contributed by atoms with E-state index in [1.807, 2.05) is 18.2 Å². The summed E-state index contributed by atoms with van der Waals surface area (Å²) in [5.74, 6) is 1.27. The number of aliphatic imine (C=N–C) groups is 1. The summed E-state index contributed by atoms with van der Waals surface area (Å²) in [5.41, 5.74) is 1.52. The summed E-state index contributed by atoms with van der Waals surface area (Å²) >= 11 is 1.74. The Kier molecular flexibility index (Phi) is 7.56. The SMILES string of the molecule is CCCSc1ccc2nc(N=CC(O)C(O)C(O)C(O)[C@H](C)O)[nH]c2c1. The normalized spacial score (nSPS) is 18.1. The minimum absolute atomic E-state index is 0.245. The second-order valence-electron chi connectivity index (χ2n) is 6.07. The number of aliphatic hydroxyl groups excluding tert-OH is 5. The number of nitrogens with zero attached hydrogens (tertiary/aromatic N) is 2. The third-order valence-corrected chi connectivity index (χ3v) is 5.01.